The van der Waals surface area contributed by atoms with Crippen molar-refractivity contribution >= 4 is 121 Å². The molecule has 0 aliphatic rings. The first-order valence-electron chi connectivity index (χ1n) is 38.6. The lowest BCUT2D eigenvalue weighted by atomic mass is 10.3. The number of aromatic nitrogens is 28. The summed E-state index contributed by atoms with van der Waals surface area (Å²) in [6.07, 6.45) is 64.8. The number of hydrogen-bond acceptors (Lipinski definition) is 31. The third-order valence-electron chi connectivity index (χ3n) is 13.4. The quantitative estimate of drug-likeness (QED) is 0.0821. The van der Waals surface area contributed by atoms with E-state index >= 15 is 0 Å². The molecule has 0 radical (unpaired) electrons. The Morgan fingerprint density at radius 2 is 0.843 bits per heavy atom. The summed E-state index contributed by atoms with van der Waals surface area (Å²) in [5.74, 6) is 0. The lowest BCUT2D eigenvalue weighted by molar-refractivity contribution is 0.420. The summed E-state index contributed by atoms with van der Waals surface area (Å²) >= 11 is 10.2. The van der Waals surface area contributed by atoms with Crippen molar-refractivity contribution in [1.82, 2.24) is 140 Å². The number of para-hydroxylation sites is 5. The van der Waals surface area contributed by atoms with Crippen molar-refractivity contribution in [2.75, 3.05) is 0 Å². The number of nitrogens with one attached hydrogen (secondary N) is 6. The largest absolute Gasteiger partial charge is 0.473 e. The van der Waals surface area contributed by atoms with E-state index < -0.39 is 0 Å². The van der Waals surface area contributed by atoms with Gasteiger partial charge in [-0.2, -0.15) is 42.0 Å². The van der Waals surface area contributed by atoms with E-state index in [1.165, 1.54) is 79.8 Å². The summed E-state index contributed by atoms with van der Waals surface area (Å²) in [5, 5.41) is 42.9. The highest BCUT2D eigenvalue weighted by molar-refractivity contribution is 7.25. The molecule has 0 fully saturated rings. The monoisotopic (exact) mass is 1900 g/mol. The van der Waals surface area contributed by atoms with Gasteiger partial charge >= 0.3 is 0 Å². The molecule has 684 valence electrons. The zero-order valence-corrected chi connectivity index (χ0v) is 74.9. The van der Waals surface area contributed by atoms with Crippen LogP contribution in [-0.2, 0) is 0 Å². The van der Waals surface area contributed by atoms with Crippen molar-refractivity contribution in [2.24, 2.45) is 0 Å². The molecule has 22 heterocycles. The third kappa shape index (κ3) is 62.9. The molecule has 0 saturated carbocycles. The standard InChI is InChI=1S/C8H6N2.C8H7N.C8H6S.C7H6N2.C6H4S2.C5H5N.5C4H4N2.C4H5N.C4H4O.C4H4S.2C3H4N2.2C3H3NO.2C3H3NS.C2H3N3.3CH4/c1-2-4-8-7(3-1)9-5-6-10-8;2*1-2-4-8-7(3-1)5-6-9-8;1-2-4-7-6(3-1)8-5-9-7;1-3-7-6-2-4-8-5(1)6;1-2-4-6-5-3-1;1-2-6-4-3-5-1;3*1-2-5-4-6-3-1;1-2-4-6-5-3-1;3*1-2-4-5-3-1;1-2-5-3-4-1;1-2-4-5-3-1;1-2-5-3-4-1;1-2-4-5-3-1;1-2-5-3-4-1;2*1-2-4-5-3-1;;;/h1-6H;1-6,9H;1-6H;1-5H,(H,8,9);1-4H;1-5H;5*1-4H;1-5H;2*1-4H;2*1-3H,(H,4,5);4*1-3H;1-2H,(H,3,4,5);3*1H4. The number of benzene rings is 4. The molecule has 26 rings (SSSR count). The number of pyridine rings is 1. The Kier molecular flexibility index (Phi) is 70.7. The van der Waals surface area contributed by atoms with E-state index in [9.17, 15) is 0 Å². The van der Waals surface area contributed by atoms with E-state index in [1.807, 2.05) is 180 Å². The minimum Gasteiger partial charge on any atom is -0.473 e. The van der Waals surface area contributed by atoms with Crippen LogP contribution in [-0.4, -0.2) is 140 Å². The molecule has 31 nitrogen and oxygen atoms in total. The van der Waals surface area contributed by atoms with Crippen LogP contribution >= 0.6 is 68.2 Å². The summed E-state index contributed by atoms with van der Waals surface area (Å²) in [7, 11) is 0. The van der Waals surface area contributed by atoms with Crippen LogP contribution in [0.25, 0.3) is 52.5 Å². The van der Waals surface area contributed by atoms with Gasteiger partial charge in [-0.05, 0) is 195 Å². The van der Waals surface area contributed by atoms with Crippen molar-refractivity contribution in [1.29, 1.82) is 0 Å². The molecule has 0 aliphatic heterocycles. The van der Waals surface area contributed by atoms with Gasteiger partial charge < -0.3 is 33.3 Å². The van der Waals surface area contributed by atoms with Crippen LogP contribution in [0.15, 0.2) is 524 Å². The average Bonchev–Trinajstić information content (AvgIpc) is 1.80. The third-order valence-corrected chi connectivity index (χ3v) is 17.9. The van der Waals surface area contributed by atoms with Gasteiger partial charge in [0.15, 0.2) is 6.39 Å². The maximum Gasteiger partial charge on any atom is 0.180 e. The van der Waals surface area contributed by atoms with Crippen LogP contribution < -0.4 is 0 Å². The predicted molar refractivity (Wildman–Crippen MR) is 545 cm³/mol. The number of rotatable bonds is 0. The van der Waals surface area contributed by atoms with E-state index in [0.29, 0.717) is 0 Å². The second-order valence-electron chi connectivity index (χ2n) is 22.5. The van der Waals surface area contributed by atoms with Crippen molar-refractivity contribution in [3.63, 3.8) is 0 Å². The van der Waals surface area contributed by atoms with Gasteiger partial charge in [-0.25, -0.2) is 49.2 Å². The molecule has 0 atom stereocenters. The maximum absolute atomic E-state index is 4.58. The Bertz CT molecular complexity index is 4960. The van der Waals surface area contributed by atoms with Crippen LogP contribution in [0, 0.1) is 0 Å². The first-order valence-corrected chi connectivity index (χ1v) is 44.0. The van der Waals surface area contributed by atoms with E-state index in [1.54, 1.807) is 273 Å². The van der Waals surface area contributed by atoms with Gasteiger partial charge in [0.25, 0.3) is 0 Å². The number of oxazole rings is 1. The number of thiazole rings is 1. The van der Waals surface area contributed by atoms with Crippen LogP contribution in [0.4, 0.5) is 0 Å². The van der Waals surface area contributed by atoms with Gasteiger partial charge in [-0.15, -0.1) is 45.3 Å². The first-order chi connectivity index (χ1) is 65.3. The molecule has 4 aromatic carbocycles. The fraction of sp³-hybridized carbons (Fsp3) is 0.0309. The average molecular weight is 1900 g/mol. The number of fused-ring (bicyclic) bond motifs is 5. The molecular formula is C97H102N28O3S6. The number of thiophene rings is 4. The fourth-order valence-electron chi connectivity index (χ4n) is 8.00. The number of nitrogens with zero attached hydrogens (tertiary/aromatic N) is 22. The minimum atomic E-state index is 0. The second-order valence-corrected chi connectivity index (χ2v) is 27.6. The van der Waals surface area contributed by atoms with Crippen molar-refractivity contribution < 1.29 is 13.4 Å². The Morgan fingerprint density at radius 1 is 0.269 bits per heavy atom. The van der Waals surface area contributed by atoms with E-state index in [0.717, 1.165) is 22.1 Å². The van der Waals surface area contributed by atoms with Crippen molar-refractivity contribution in [3.8, 4) is 0 Å². The number of hydrogen-bond donors (Lipinski definition) is 6. The Labute approximate surface area is 800 Å². The molecule has 0 amide bonds. The highest BCUT2D eigenvalue weighted by Gasteiger charge is 1.93. The normalized spacial score (nSPS) is 8.57. The summed E-state index contributed by atoms with van der Waals surface area (Å²) in [6.45, 7) is 0. The van der Waals surface area contributed by atoms with Gasteiger partial charge in [0, 0.05) is 185 Å². The second kappa shape index (κ2) is 85.3. The Morgan fingerprint density at radius 3 is 1.17 bits per heavy atom. The van der Waals surface area contributed by atoms with Crippen LogP contribution in [0.5, 0.6) is 0 Å². The molecule has 134 heavy (non-hydrogen) atoms. The van der Waals surface area contributed by atoms with Gasteiger partial charge in [0.05, 0.1) is 77.5 Å². The molecule has 6 N–H and O–H groups in total. The lowest BCUT2D eigenvalue weighted by Crippen LogP contribution is -1.78. The van der Waals surface area contributed by atoms with Crippen LogP contribution in [0.2, 0.25) is 0 Å². The topological polar surface area (TPSA) is 418 Å². The predicted octanol–water partition coefficient (Wildman–Crippen LogP) is 24.9. The number of aromatic amines is 6. The lowest BCUT2D eigenvalue weighted by Gasteiger charge is -1.90. The summed E-state index contributed by atoms with van der Waals surface area (Å²) in [6, 6.07) is 72.6. The fourth-order valence-corrected chi connectivity index (χ4v) is 11.8. The molecular weight excluding hydrogens is 1800 g/mol. The summed E-state index contributed by atoms with van der Waals surface area (Å²) < 4.78 is 21.3. The maximum atomic E-state index is 4.58. The van der Waals surface area contributed by atoms with Crippen LogP contribution in [0.3, 0.4) is 0 Å². The molecule has 0 saturated heterocycles. The van der Waals surface area contributed by atoms with Gasteiger partial charge in [0.1, 0.15) is 31.5 Å². The van der Waals surface area contributed by atoms with Gasteiger partial charge in [-0.3, -0.25) is 35.0 Å². The number of H-pyrrole nitrogens is 6. The summed E-state index contributed by atoms with van der Waals surface area (Å²) in [5.41, 5.74) is 7.02. The van der Waals surface area contributed by atoms with E-state index in [2.05, 4.69) is 230 Å². The Balaban J connectivity index is 0.000000363. The van der Waals surface area contributed by atoms with E-state index in [-0.39, 0.29) is 22.3 Å². The molecule has 37 heteroatoms. The van der Waals surface area contributed by atoms with Gasteiger partial charge in [0.2, 0.25) is 0 Å². The minimum absolute atomic E-state index is 0. The molecule has 0 unspecified atom stereocenters. The molecule has 0 spiro atoms. The number of imidazole rings is 2. The van der Waals surface area contributed by atoms with E-state index in [4.69, 9.17) is 0 Å². The Hall–Kier alpha value is -17.1. The molecule has 0 aliphatic carbocycles. The molecule has 22 aromatic heterocycles. The molecule has 26 aromatic rings. The van der Waals surface area contributed by atoms with Crippen molar-refractivity contribution in [2.45, 2.75) is 22.3 Å². The zero-order chi connectivity index (χ0) is 91.3. The zero-order valence-electron chi connectivity index (χ0n) is 70.0. The van der Waals surface area contributed by atoms with Gasteiger partial charge in [-0.1, -0.05) is 106 Å². The summed E-state index contributed by atoms with van der Waals surface area (Å²) in [4.78, 5) is 68.3. The SMILES string of the molecule is C.C.C.c1c[nH]cn1.c1cc2sccc2s1.c1cc[nH]c1.c1ccc2[nH]ccc2c1.c1ccc2[nH]cnc2c1.c1ccc2nccnc2c1.c1ccc2sccc2c1.c1ccncc1.c1ccnnc1.c1ccoc1.c1ccsc1.c1cn[nH]c1.c1cn[nH]n1.c1cnccn1.c1cncnc1.c1cncnc1.c1cncnc1.c1cnoc1.c1cnsc1.c1cocn1.c1cscn1. The highest BCUT2D eigenvalue weighted by atomic mass is 32.1. The smallest absolute Gasteiger partial charge is 0.180 e. The molecule has 0 bridgehead atoms. The van der Waals surface area contributed by atoms with Crippen LogP contribution in [0.1, 0.15) is 22.3 Å². The first kappa shape index (κ1) is 111. The number of furan rings is 1. The van der Waals surface area contributed by atoms with Crippen molar-refractivity contribution in [3.05, 3.63) is 510 Å². The highest BCUT2D eigenvalue weighted by Crippen LogP contribution is 2.25.